The number of methoxy groups -OCH3 is 3. The van der Waals surface area contributed by atoms with E-state index in [1.165, 1.54) is 19.1 Å². The molecule has 0 fully saturated rings. The van der Waals surface area contributed by atoms with Gasteiger partial charge in [0, 0.05) is 19.7 Å². The summed E-state index contributed by atoms with van der Waals surface area (Å²) in [5, 5.41) is 9.23. The smallest absolute Gasteiger partial charge is 0.323 e. The molecule has 0 aliphatic rings. The van der Waals surface area contributed by atoms with Crippen LogP contribution in [-0.2, 0) is 33.9 Å². The van der Waals surface area contributed by atoms with Gasteiger partial charge in [-0.05, 0) is 28.8 Å². The fourth-order valence-electron chi connectivity index (χ4n) is 2.86. The first-order valence-corrected chi connectivity index (χ1v) is 8.73. The van der Waals surface area contributed by atoms with Crippen LogP contribution in [0.3, 0.4) is 0 Å². The number of nitrogens with zero attached hydrogens (tertiary/aromatic N) is 1. The van der Waals surface area contributed by atoms with Crippen LogP contribution in [0.2, 0.25) is 0 Å². The van der Waals surface area contributed by atoms with Crippen molar-refractivity contribution < 1.29 is 28.9 Å². The molecule has 1 amide bonds. The molecule has 150 valence electrons. The van der Waals surface area contributed by atoms with Crippen molar-refractivity contribution in [2.24, 2.45) is 0 Å². The lowest BCUT2D eigenvalue weighted by Gasteiger charge is -2.22. The second-order valence-corrected chi connectivity index (χ2v) is 6.29. The van der Waals surface area contributed by atoms with Crippen LogP contribution in [0.1, 0.15) is 16.7 Å². The molecule has 2 aromatic carbocycles. The molecule has 0 heterocycles. The summed E-state index contributed by atoms with van der Waals surface area (Å²) in [5.74, 6) is -0.205. The monoisotopic (exact) mass is 387 g/mol. The average molecular weight is 387 g/mol. The van der Waals surface area contributed by atoms with Crippen LogP contribution in [0.15, 0.2) is 42.5 Å². The van der Waals surface area contributed by atoms with Crippen molar-refractivity contribution in [1.29, 1.82) is 0 Å². The summed E-state index contributed by atoms with van der Waals surface area (Å²) in [5.41, 5.74) is 2.48. The molecule has 0 aliphatic heterocycles. The summed E-state index contributed by atoms with van der Waals surface area (Å²) in [6, 6.07) is 12.7. The van der Waals surface area contributed by atoms with Crippen molar-refractivity contribution in [3.8, 4) is 11.5 Å². The minimum Gasteiger partial charge on any atom is -0.497 e. The SMILES string of the molecule is COCc1cccc(CC(=O)N(CC(=O)O)Cc2cc(OC)cc(OC)c2)c1. The van der Waals surface area contributed by atoms with Crippen molar-refractivity contribution in [2.45, 2.75) is 19.6 Å². The molecule has 0 unspecified atom stereocenters. The lowest BCUT2D eigenvalue weighted by atomic mass is 10.1. The predicted molar refractivity (Wildman–Crippen MR) is 103 cm³/mol. The van der Waals surface area contributed by atoms with Gasteiger partial charge < -0.3 is 24.2 Å². The third kappa shape index (κ3) is 6.28. The largest absolute Gasteiger partial charge is 0.497 e. The van der Waals surface area contributed by atoms with Crippen LogP contribution in [0.25, 0.3) is 0 Å². The summed E-state index contributed by atoms with van der Waals surface area (Å²) in [4.78, 5) is 25.4. The highest BCUT2D eigenvalue weighted by atomic mass is 16.5. The van der Waals surface area contributed by atoms with Gasteiger partial charge in [-0.25, -0.2) is 0 Å². The zero-order valence-corrected chi connectivity index (χ0v) is 16.3. The van der Waals surface area contributed by atoms with Crippen molar-refractivity contribution in [1.82, 2.24) is 4.90 Å². The number of carbonyl (C=O) groups excluding carboxylic acids is 1. The minimum absolute atomic E-state index is 0.103. The Morgan fingerprint density at radius 2 is 1.57 bits per heavy atom. The van der Waals surface area contributed by atoms with Crippen molar-refractivity contribution in [3.63, 3.8) is 0 Å². The van der Waals surface area contributed by atoms with Crippen LogP contribution in [0.5, 0.6) is 11.5 Å². The van der Waals surface area contributed by atoms with E-state index < -0.39 is 12.5 Å². The number of rotatable bonds is 10. The van der Waals surface area contributed by atoms with E-state index in [9.17, 15) is 14.7 Å². The molecule has 28 heavy (non-hydrogen) atoms. The van der Waals surface area contributed by atoms with E-state index in [1.807, 2.05) is 24.3 Å². The van der Waals surface area contributed by atoms with Gasteiger partial charge in [0.2, 0.25) is 5.91 Å². The minimum atomic E-state index is -1.07. The van der Waals surface area contributed by atoms with Crippen molar-refractivity contribution >= 4 is 11.9 Å². The first kappa shape index (κ1) is 21.2. The maximum Gasteiger partial charge on any atom is 0.323 e. The van der Waals surface area contributed by atoms with Crippen LogP contribution in [0, 0.1) is 0 Å². The van der Waals surface area contributed by atoms with E-state index in [0.29, 0.717) is 18.1 Å². The van der Waals surface area contributed by atoms with E-state index in [1.54, 1.807) is 25.3 Å². The van der Waals surface area contributed by atoms with E-state index >= 15 is 0 Å². The van der Waals surface area contributed by atoms with Crippen LogP contribution >= 0.6 is 0 Å². The van der Waals surface area contributed by atoms with Gasteiger partial charge >= 0.3 is 5.97 Å². The van der Waals surface area contributed by atoms with E-state index in [2.05, 4.69) is 0 Å². The molecule has 2 rings (SSSR count). The van der Waals surface area contributed by atoms with E-state index in [-0.39, 0.29) is 18.9 Å². The molecular formula is C21H25NO6. The zero-order valence-electron chi connectivity index (χ0n) is 16.3. The number of carbonyl (C=O) groups is 2. The second kappa shape index (κ2) is 10.3. The molecule has 0 bridgehead atoms. The van der Waals surface area contributed by atoms with Crippen molar-refractivity contribution in [3.05, 3.63) is 59.2 Å². The third-order valence-electron chi connectivity index (χ3n) is 4.12. The van der Waals surface area contributed by atoms with Gasteiger partial charge in [-0.15, -0.1) is 0 Å². The number of carboxylic acid groups (broad SMARTS) is 1. The average Bonchev–Trinajstić information content (AvgIpc) is 2.67. The molecule has 7 heteroatoms. The van der Waals surface area contributed by atoms with Gasteiger partial charge in [-0.2, -0.15) is 0 Å². The number of carboxylic acids is 1. The van der Waals surface area contributed by atoms with E-state index in [0.717, 1.165) is 16.7 Å². The Morgan fingerprint density at radius 3 is 2.14 bits per heavy atom. The molecule has 0 saturated heterocycles. The number of hydrogen-bond donors (Lipinski definition) is 1. The number of hydrogen-bond acceptors (Lipinski definition) is 5. The Balaban J connectivity index is 2.19. The maximum atomic E-state index is 12.8. The van der Waals surface area contributed by atoms with Crippen molar-refractivity contribution in [2.75, 3.05) is 27.9 Å². The molecule has 0 aromatic heterocycles. The first-order chi connectivity index (χ1) is 13.4. The maximum absolute atomic E-state index is 12.8. The van der Waals surface area contributed by atoms with Gasteiger partial charge in [0.1, 0.15) is 18.0 Å². The number of ether oxygens (including phenoxy) is 3. The topological polar surface area (TPSA) is 85.3 Å². The van der Waals surface area contributed by atoms with Crippen LogP contribution in [-0.4, -0.2) is 49.8 Å². The fraction of sp³-hybridized carbons (Fsp3) is 0.333. The Morgan fingerprint density at radius 1 is 0.929 bits per heavy atom. The molecular weight excluding hydrogens is 362 g/mol. The molecule has 0 aliphatic carbocycles. The molecule has 7 nitrogen and oxygen atoms in total. The van der Waals surface area contributed by atoms with Crippen LogP contribution < -0.4 is 9.47 Å². The Hall–Kier alpha value is -3.06. The lowest BCUT2D eigenvalue weighted by molar-refractivity contribution is -0.144. The summed E-state index contributed by atoms with van der Waals surface area (Å²) < 4.78 is 15.6. The normalized spacial score (nSPS) is 10.4. The summed E-state index contributed by atoms with van der Waals surface area (Å²) in [6.45, 7) is 0.192. The lowest BCUT2D eigenvalue weighted by Crippen LogP contribution is -2.36. The van der Waals surface area contributed by atoms with Gasteiger partial charge in [0.15, 0.2) is 0 Å². The standard InChI is InChI=1S/C21H25NO6/c1-26-14-16-6-4-5-15(7-16)10-20(23)22(13-21(24)25)12-17-8-18(27-2)11-19(9-17)28-3/h4-9,11H,10,12-14H2,1-3H3,(H,24,25). The third-order valence-corrected chi connectivity index (χ3v) is 4.12. The van der Waals surface area contributed by atoms with Gasteiger partial charge in [-0.1, -0.05) is 24.3 Å². The molecule has 0 spiro atoms. The zero-order chi connectivity index (χ0) is 20.5. The predicted octanol–water partition coefficient (Wildman–Crippen LogP) is 2.51. The summed E-state index contributed by atoms with van der Waals surface area (Å²) in [6.07, 6.45) is 0.103. The Bertz CT molecular complexity index is 798. The Kier molecular flexibility index (Phi) is 7.83. The highest BCUT2D eigenvalue weighted by Gasteiger charge is 2.18. The Labute approximate surface area is 164 Å². The van der Waals surface area contributed by atoms with Gasteiger partial charge in [-0.3, -0.25) is 9.59 Å². The van der Waals surface area contributed by atoms with E-state index in [4.69, 9.17) is 14.2 Å². The molecule has 1 N–H and O–H groups in total. The first-order valence-electron chi connectivity index (χ1n) is 8.73. The molecule has 0 radical (unpaired) electrons. The van der Waals surface area contributed by atoms with Gasteiger partial charge in [0.05, 0.1) is 27.2 Å². The second-order valence-electron chi connectivity index (χ2n) is 6.29. The highest BCUT2D eigenvalue weighted by molar-refractivity contribution is 5.83. The van der Waals surface area contributed by atoms with Crippen LogP contribution in [0.4, 0.5) is 0 Å². The number of amides is 1. The number of benzene rings is 2. The summed E-state index contributed by atoms with van der Waals surface area (Å²) in [7, 11) is 4.67. The molecule has 2 aromatic rings. The number of aliphatic carboxylic acids is 1. The summed E-state index contributed by atoms with van der Waals surface area (Å²) >= 11 is 0. The molecule has 0 atom stereocenters. The van der Waals surface area contributed by atoms with Gasteiger partial charge in [0.25, 0.3) is 0 Å². The highest BCUT2D eigenvalue weighted by Crippen LogP contribution is 2.23. The fourth-order valence-corrected chi connectivity index (χ4v) is 2.86. The quantitative estimate of drug-likeness (QED) is 0.674. The molecule has 0 saturated carbocycles.